The summed E-state index contributed by atoms with van der Waals surface area (Å²) in [6, 6.07) is 0. The summed E-state index contributed by atoms with van der Waals surface area (Å²) in [5.41, 5.74) is 0. The summed E-state index contributed by atoms with van der Waals surface area (Å²) in [4.78, 5) is 9.79. The van der Waals surface area contributed by atoms with E-state index in [9.17, 15) is 0 Å². The van der Waals surface area contributed by atoms with Crippen molar-refractivity contribution in [3.05, 3.63) is 0 Å². The first-order valence-electron chi connectivity index (χ1n) is 9.22. The maximum atomic E-state index is 4.80. The molecule has 2 rings (SSSR count). The van der Waals surface area contributed by atoms with E-state index in [1.807, 2.05) is 0 Å². The van der Waals surface area contributed by atoms with Gasteiger partial charge in [-0.25, -0.2) is 0 Å². The number of aliphatic imine (C=N–C) groups is 1. The Hall–Kier alpha value is -0.460. The fraction of sp³-hybridized carbons (Fsp3) is 0.941. The van der Waals surface area contributed by atoms with Crippen LogP contribution in [0, 0.1) is 5.92 Å². The first-order valence-corrected chi connectivity index (χ1v) is 10.3. The highest BCUT2D eigenvalue weighted by molar-refractivity contribution is 8.00. The van der Waals surface area contributed by atoms with Gasteiger partial charge in [0, 0.05) is 57.6 Å². The number of guanidine groups is 1. The summed E-state index contributed by atoms with van der Waals surface area (Å²) < 4.78 is 0. The molecule has 0 bridgehead atoms. The van der Waals surface area contributed by atoms with Crippen molar-refractivity contribution in [3.63, 3.8) is 0 Å². The molecule has 0 aromatic carbocycles. The van der Waals surface area contributed by atoms with Crippen molar-refractivity contribution in [1.29, 1.82) is 0 Å². The Morgan fingerprint density at radius 3 is 2.70 bits per heavy atom. The predicted molar refractivity (Wildman–Crippen MR) is 103 cm³/mol. The number of thioether (sulfide) groups is 1. The summed E-state index contributed by atoms with van der Waals surface area (Å²) in [5.74, 6) is 2.92. The minimum Gasteiger partial charge on any atom is -0.357 e. The van der Waals surface area contributed by atoms with E-state index in [1.54, 1.807) is 0 Å². The molecule has 6 heteroatoms. The average molecular weight is 342 g/mol. The summed E-state index contributed by atoms with van der Waals surface area (Å²) in [6.07, 6.45) is 2.71. The van der Waals surface area contributed by atoms with E-state index in [4.69, 9.17) is 4.99 Å². The van der Waals surface area contributed by atoms with Crippen molar-refractivity contribution < 1.29 is 0 Å². The van der Waals surface area contributed by atoms with Crippen molar-refractivity contribution in [1.82, 2.24) is 20.4 Å². The van der Waals surface area contributed by atoms with Crippen LogP contribution in [0.25, 0.3) is 0 Å². The van der Waals surface area contributed by atoms with E-state index in [2.05, 4.69) is 53.1 Å². The highest BCUT2D eigenvalue weighted by Gasteiger charge is 2.17. The van der Waals surface area contributed by atoms with Gasteiger partial charge in [0.15, 0.2) is 5.96 Å². The van der Waals surface area contributed by atoms with E-state index >= 15 is 0 Å². The van der Waals surface area contributed by atoms with E-state index in [-0.39, 0.29) is 0 Å². The molecule has 0 spiro atoms. The zero-order valence-corrected chi connectivity index (χ0v) is 16.0. The summed E-state index contributed by atoms with van der Waals surface area (Å²) in [5, 5.41) is 7.67. The molecule has 2 N–H and O–H groups in total. The molecule has 5 nitrogen and oxygen atoms in total. The number of nitrogens with one attached hydrogen (secondary N) is 2. The Morgan fingerprint density at radius 2 is 2.04 bits per heavy atom. The Bertz CT molecular complexity index is 349. The second kappa shape index (κ2) is 10.4. The molecular weight excluding hydrogens is 306 g/mol. The molecule has 0 radical (unpaired) electrons. The smallest absolute Gasteiger partial charge is 0.191 e. The van der Waals surface area contributed by atoms with Crippen molar-refractivity contribution in [2.75, 3.05) is 65.2 Å². The van der Waals surface area contributed by atoms with Crippen LogP contribution in [-0.2, 0) is 0 Å². The van der Waals surface area contributed by atoms with Gasteiger partial charge >= 0.3 is 0 Å². The van der Waals surface area contributed by atoms with Crippen molar-refractivity contribution in [2.45, 2.75) is 31.9 Å². The minimum atomic E-state index is 0.606. The third kappa shape index (κ3) is 7.31. The van der Waals surface area contributed by atoms with Gasteiger partial charge in [-0.3, -0.25) is 4.99 Å². The molecule has 134 valence electrons. The standard InChI is InChI=1S/C17H35N5S/c1-4-18-17(20-13-16-6-5-11-23-16)19-12-15(2)14-22-9-7-21(3)8-10-22/h15-16H,4-14H2,1-3H3,(H2,18,19,20). The fourth-order valence-electron chi connectivity index (χ4n) is 3.13. The molecule has 23 heavy (non-hydrogen) atoms. The average Bonchev–Trinajstić information content (AvgIpc) is 3.06. The third-order valence-electron chi connectivity index (χ3n) is 4.59. The van der Waals surface area contributed by atoms with Crippen LogP contribution in [0.2, 0.25) is 0 Å². The normalized spacial score (nSPS) is 25.5. The maximum Gasteiger partial charge on any atom is 0.191 e. The number of nitrogens with zero attached hydrogens (tertiary/aromatic N) is 3. The molecule has 2 heterocycles. The molecule has 2 atom stereocenters. The van der Waals surface area contributed by atoms with E-state index in [0.29, 0.717) is 5.92 Å². The zero-order chi connectivity index (χ0) is 16.5. The fourth-order valence-corrected chi connectivity index (χ4v) is 4.33. The lowest BCUT2D eigenvalue weighted by Crippen LogP contribution is -2.46. The highest BCUT2D eigenvalue weighted by atomic mass is 32.2. The highest BCUT2D eigenvalue weighted by Crippen LogP contribution is 2.25. The van der Waals surface area contributed by atoms with Crippen LogP contribution < -0.4 is 10.6 Å². The third-order valence-corrected chi connectivity index (χ3v) is 5.99. The van der Waals surface area contributed by atoms with Crippen molar-refractivity contribution >= 4 is 17.7 Å². The van der Waals surface area contributed by atoms with Gasteiger partial charge in [0.2, 0.25) is 0 Å². The van der Waals surface area contributed by atoms with Crippen LogP contribution in [0.15, 0.2) is 4.99 Å². The van der Waals surface area contributed by atoms with Gasteiger partial charge in [0.25, 0.3) is 0 Å². The molecule has 0 aliphatic carbocycles. The Kier molecular flexibility index (Phi) is 8.55. The number of rotatable bonds is 7. The molecule has 2 aliphatic rings. The molecular formula is C17H35N5S. The molecule has 2 fully saturated rings. The first-order chi connectivity index (χ1) is 11.2. The van der Waals surface area contributed by atoms with Crippen LogP contribution in [-0.4, -0.2) is 86.2 Å². The molecule has 0 aromatic heterocycles. The molecule has 2 unspecified atom stereocenters. The summed E-state index contributed by atoms with van der Waals surface area (Å²) >= 11 is 2.09. The number of likely N-dealkylation sites (N-methyl/N-ethyl adjacent to an activating group) is 1. The second-order valence-corrected chi connectivity index (χ2v) is 8.35. The Labute approximate surface area is 146 Å². The van der Waals surface area contributed by atoms with Gasteiger partial charge in [-0.15, -0.1) is 0 Å². The number of piperazine rings is 1. The predicted octanol–water partition coefficient (Wildman–Crippen LogP) is 1.32. The van der Waals surface area contributed by atoms with Gasteiger partial charge in [-0.05, 0) is 38.5 Å². The molecule has 2 aliphatic heterocycles. The van der Waals surface area contributed by atoms with E-state index < -0.39 is 0 Å². The van der Waals surface area contributed by atoms with Crippen LogP contribution >= 0.6 is 11.8 Å². The molecule has 0 aromatic rings. The second-order valence-electron chi connectivity index (χ2n) is 6.94. The Morgan fingerprint density at radius 1 is 1.26 bits per heavy atom. The van der Waals surface area contributed by atoms with Gasteiger partial charge in [0.05, 0.1) is 0 Å². The van der Waals surface area contributed by atoms with Crippen LogP contribution in [0.4, 0.5) is 0 Å². The van der Waals surface area contributed by atoms with Gasteiger partial charge in [-0.1, -0.05) is 6.92 Å². The monoisotopic (exact) mass is 341 g/mol. The largest absolute Gasteiger partial charge is 0.357 e. The van der Waals surface area contributed by atoms with Gasteiger partial charge in [0.1, 0.15) is 0 Å². The molecule has 2 saturated heterocycles. The van der Waals surface area contributed by atoms with Crippen molar-refractivity contribution in [2.24, 2.45) is 10.9 Å². The van der Waals surface area contributed by atoms with E-state index in [1.165, 1.54) is 44.8 Å². The zero-order valence-electron chi connectivity index (χ0n) is 15.2. The quantitative estimate of drug-likeness (QED) is 0.540. The van der Waals surface area contributed by atoms with Gasteiger partial charge < -0.3 is 20.4 Å². The lowest BCUT2D eigenvalue weighted by molar-refractivity contribution is 0.140. The number of hydrogen-bond donors (Lipinski definition) is 2. The van der Waals surface area contributed by atoms with E-state index in [0.717, 1.165) is 37.4 Å². The first kappa shape index (κ1) is 18.9. The lowest BCUT2D eigenvalue weighted by atomic mass is 10.1. The number of hydrogen-bond acceptors (Lipinski definition) is 4. The molecule has 0 amide bonds. The minimum absolute atomic E-state index is 0.606. The van der Waals surface area contributed by atoms with Crippen LogP contribution in [0.5, 0.6) is 0 Å². The lowest BCUT2D eigenvalue weighted by Gasteiger charge is -2.33. The van der Waals surface area contributed by atoms with Crippen molar-refractivity contribution in [3.8, 4) is 0 Å². The molecule has 0 saturated carbocycles. The van der Waals surface area contributed by atoms with Gasteiger partial charge in [-0.2, -0.15) is 11.8 Å². The summed E-state index contributed by atoms with van der Waals surface area (Å²) in [6.45, 7) is 13.3. The summed E-state index contributed by atoms with van der Waals surface area (Å²) in [7, 11) is 2.21. The maximum absolute atomic E-state index is 4.80. The van der Waals surface area contributed by atoms with Crippen LogP contribution in [0.3, 0.4) is 0 Å². The SMILES string of the molecule is CCNC(=NCC(C)CN1CCN(C)CC1)NCC1CCCS1. The van der Waals surface area contributed by atoms with Crippen LogP contribution in [0.1, 0.15) is 26.7 Å². The Balaban J connectivity index is 1.70. The topological polar surface area (TPSA) is 42.9 Å².